The quantitative estimate of drug-likeness (QED) is 0.911. The van der Waals surface area contributed by atoms with E-state index in [1.807, 2.05) is 18.2 Å². The molecule has 0 aliphatic rings. The molecule has 0 radical (unpaired) electrons. The van der Waals surface area contributed by atoms with Gasteiger partial charge in [-0.3, -0.25) is 0 Å². The standard InChI is InChI=1S/C15H17NOS/c1-11-4-3-5-14(8-11)18-15-9-13(17-2)7-6-12(15)10-16/h3-9H,10,16H2,1-2H3. The molecule has 0 atom stereocenters. The van der Waals surface area contributed by atoms with Crippen LogP contribution >= 0.6 is 11.8 Å². The summed E-state index contributed by atoms with van der Waals surface area (Å²) in [6.07, 6.45) is 0. The molecular formula is C15H17NOS. The molecule has 18 heavy (non-hydrogen) atoms. The van der Waals surface area contributed by atoms with Gasteiger partial charge in [-0.1, -0.05) is 35.5 Å². The van der Waals surface area contributed by atoms with Gasteiger partial charge in [0.2, 0.25) is 0 Å². The van der Waals surface area contributed by atoms with E-state index in [0.29, 0.717) is 6.54 Å². The fourth-order valence-corrected chi connectivity index (χ4v) is 2.83. The predicted octanol–water partition coefficient (Wildman–Crippen LogP) is 3.61. The molecule has 0 bridgehead atoms. The average Bonchev–Trinajstić information content (AvgIpc) is 2.38. The fourth-order valence-electron chi connectivity index (χ4n) is 1.73. The number of aryl methyl sites for hydroxylation is 1. The summed E-state index contributed by atoms with van der Waals surface area (Å²) in [4.78, 5) is 2.38. The van der Waals surface area contributed by atoms with Crippen molar-refractivity contribution < 1.29 is 4.74 Å². The van der Waals surface area contributed by atoms with Crippen molar-refractivity contribution in [3.05, 3.63) is 53.6 Å². The van der Waals surface area contributed by atoms with Gasteiger partial charge in [-0.05, 0) is 36.8 Å². The van der Waals surface area contributed by atoms with E-state index in [1.54, 1.807) is 18.9 Å². The summed E-state index contributed by atoms with van der Waals surface area (Å²) in [5.41, 5.74) is 8.17. The molecule has 0 amide bonds. The molecule has 2 N–H and O–H groups in total. The Labute approximate surface area is 112 Å². The highest BCUT2D eigenvalue weighted by Gasteiger charge is 2.05. The third kappa shape index (κ3) is 3.06. The largest absolute Gasteiger partial charge is 0.497 e. The van der Waals surface area contributed by atoms with Crippen LogP contribution < -0.4 is 10.5 Å². The molecule has 0 unspecified atom stereocenters. The summed E-state index contributed by atoms with van der Waals surface area (Å²) < 4.78 is 5.26. The van der Waals surface area contributed by atoms with Gasteiger partial charge in [0.1, 0.15) is 5.75 Å². The molecular weight excluding hydrogens is 242 g/mol. The molecule has 2 aromatic rings. The Kier molecular flexibility index (Phi) is 4.28. The van der Waals surface area contributed by atoms with Gasteiger partial charge in [0.05, 0.1) is 7.11 Å². The molecule has 0 aliphatic carbocycles. The van der Waals surface area contributed by atoms with E-state index in [-0.39, 0.29) is 0 Å². The summed E-state index contributed by atoms with van der Waals surface area (Å²) >= 11 is 1.72. The molecule has 3 heteroatoms. The second-order valence-electron chi connectivity index (χ2n) is 4.10. The van der Waals surface area contributed by atoms with Crippen molar-refractivity contribution in [1.29, 1.82) is 0 Å². The van der Waals surface area contributed by atoms with Crippen molar-refractivity contribution in [3.63, 3.8) is 0 Å². The minimum atomic E-state index is 0.540. The molecule has 2 rings (SSSR count). The third-order valence-electron chi connectivity index (χ3n) is 2.71. The molecule has 0 saturated carbocycles. The first-order chi connectivity index (χ1) is 8.72. The van der Waals surface area contributed by atoms with Crippen LogP contribution in [-0.2, 0) is 6.54 Å². The van der Waals surface area contributed by atoms with Crippen LogP contribution in [0.5, 0.6) is 5.75 Å². The Morgan fingerprint density at radius 2 is 2.00 bits per heavy atom. The van der Waals surface area contributed by atoms with Gasteiger partial charge in [-0.2, -0.15) is 0 Å². The second kappa shape index (κ2) is 5.94. The molecule has 0 aliphatic heterocycles. The highest BCUT2D eigenvalue weighted by Crippen LogP contribution is 2.33. The zero-order valence-electron chi connectivity index (χ0n) is 10.6. The van der Waals surface area contributed by atoms with Gasteiger partial charge >= 0.3 is 0 Å². The topological polar surface area (TPSA) is 35.2 Å². The summed E-state index contributed by atoms with van der Waals surface area (Å²) in [5.74, 6) is 0.863. The van der Waals surface area contributed by atoms with E-state index in [1.165, 1.54) is 10.5 Å². The maximum absolute atomic E-state index is 5.77. The first-order valence-corrected chi connectivity index (χ1v) is 6.66. The van der Waals surface area contributed by atoms with Crippen LogP contribution in [0.15, 0.2) is 52.3 Å². The van der Waals surface area contributed by atoms with Crippen LogP contribution in [0.4, 0.5) is 0 Å². The molecule has 0 spiro atoms. The second-order valence-corrected chi connectivity index (χ2v) is 5.21. The van der Waals surface area contributed by atoms with Crippen molar-refractivity contribution in [1.82, 2.24) is 0 Å². The Hall–Kier alpha value is -1.45. The lowest BCUT2D eigenvalue weighted by atomic mass is 10.2. The summed E-state index contributed by atoms with van der Waals surface area (Å²) in [7, 11) is 1.68. The van der Waals surface area contributed by atoms with Crippen molar-refractivity contribution >= 4 is 11.8 Å². The van der Waals surface area contributed by atoms with Crippen LogP contribution in [0.2, 0.25) is 0 Å². The molecule has 2 nitrogen and oxygen atoms in total. The monoisotopic (exact) mass is 259 g/mol. The minimum Gasteiger partial charge on any atom is -0.497 e. The van der Waals surface area contributed by atoms with Crippen LogP contribution in [0, 0.1) is 6.92 Å². The van der Waals surface area contributed by atoms with Gasteiger partial charge in [-0.15, -0.1) is 0 Å². The molecule has 0 aromatic heterocycles. The van der Waals surface area contributed by atoms with Crippen LogP contribution in [0.25, 0.3) is 0 Å². The summed E-state index contributed by atoms with van der Waals surface area (Å²) in [6, 6.07) is 14.5. The van der Waals surface area contributed by atoms with Gasteiger partial charge in [0.25, 0.3) is 0 Å². The number of methoxy groups -OCH3 is 1. The zero-order valence-corrected chi connectivity index (χ0v) is 11.5. The molecule has 94 valence electrons. The van der Waals surface area contributed by atoms with E-state index in [0.717, 1.165) is 16.2 Å². The van der Waals surface area contributed by atoms with E-state index in [2.05, 4.69) is 31.2 Å². The van der Waals surface area contributed by atoms with Crippen LogP contribution in [0.1, 0.15) is 11.1 Å². The normalized spacial score (nSPS) is 10.4. The van der Waals surface area contributed by atoms with E-state index in [4.69, 9.17) is 10.5 Å². The Morgan fingerprint density at radius 3 is 2.67 bits per heavy atom. The first kappa shape index (κ1) is 13.0. The van der Waals surface area contributed by atoms with Gasteiger partial charge < -0.3 is 10.5 Å². The first-order valence-electron chi connectivity index (χ1n) is 5.84. The lowest BCUT2D eigenvalue weighted by Gasteiger charge is -2.10. The number of hydrogen-bond donors (Lipinski definition) is 1. The molecule has 0 heterocycles. The van der Waals surface area contributed by atoms with Crippen molar-refractivity contribution in [2.75, 3.05) is 7.11 Å². The molecule has 0 fully saturated rings. The number of nitrogens with two attached hydrogens (primary N) is 1. The third-order valence-corrected chi connectivity index (χ3v) is 3.80. The van der Waals surface area contributed by atoms with Crippen LogP contribution in [-0.4, -0.2) is 7.11 Å². The smallest absolute Gasteiger partial charge is 0.120 e. The number of benzene rings is 2. The van der Waals surface area contributed by atoms with E-state index in [9.17, 15) is 0 Å². The maximum Gasteiger partial charge on any atom is 0.120 e. The lowest BCUT2D eigenvalue weighted by molar-refractivity contribution is 0.413. The average molecular weight is 259 g/mol. The van der Waals surface area contributed by atoms with Crippen molar-refractivity contribution in [3.8, 4) is 5.75 Å². The Balaban J connectivity index is 2.32. The van der Waals surface area contributed by atoms with Crippen molar-refractivity contribution in [2.45, 2.75) is 23.3 Å². The number of ether oxygens (including phenoxy) is 1. The number of rotatable bonds is 4. The Bertz CT molecular complexity index is 540. The predicted molar refractivity (Wildman–Crippen MR) is 76.2 cm³/mol. The minimum absolute atomic E-state index is 0.540. The zero-order chi connectivity index (χ0) is 13.0. The summed E-state index contributed by atoms with van der Waals surface area (Å²) in [6.45, 7) is 2.64. The SMILES string of the molecule is COc1ccc(CN)c(Sc2cccc(C)c2)c1. The van der Waals surface area contributed by atoms with Crippen LogP contribution in [0.3, 0.4) is 0 Å². The van der Waals surface area contributed by atoms with E-state index >= 15 is 0 Å². The summed E-state index contributed by atoms with van der Waals surface area (Å²) in [5, 5.41) is 0. The maximum atomic E-state index is 5.77. The highest BCUT2D eigenvalue weighted by atomic mass is 32.2. The van der Waals surface area contributed by atoms with E-state index < -0.39 is 0 Å². The highest BCUT2D eigenvalue weighted by molar-refractivity contribution is 7.99. The fraction of sp³-hybridized carbons (Fsp3) is 0.200. The molecule has 0 saturated heterocycles. The van der Waals surface area contributed by atoms with Crippen molar-refractivity contribution in [2.24, 2.45) is 5.73 Å². The number of hydrogen-bond acceptors (Lipinski definition) is 3. The Morgan fingerprint density at radius 1 is 1.17 bits per heavy atom. The van der Waals surface area contributed by atoms with Gasteiger partial charge in [0, 0.05) is 16.3 Å². The van der Waals surface area contributed by atoms with Gasteiger partial charge in [-0.25, -0.2) is 0 Å². The lowest BCUT2D eigenvalue weighted by Crippen LogP contribution is -1.98. The molecule has 2 aromatic carbocycles. The van der Waals surface area contributed by atoms with Gasteiger partial charge in [0.15, 0.2) is 0 Å².